The Bertz CT molecular complexity index is 443. The Morgan fingerprint density at radius 2 is 2.35 bits per heavy atom. The molecule has 1 aromatic heterocycles. The predicted molar refractivity (Wildman–Crippen MR) is 79.3 cm³/mol. The number of anilines is 1. The minimum atomic E-state index is 0.0187. The average molecular weight is 279 g/mol. The summed E-state index contributed by atoms with van der Waals surface area (Å²) in [5.41, 5.74) is 5.99. The lowest BCUT2D eigenvalue weighted by atomic mass is 10.00. The summed E-state index contributed by atoms with van der Waals surface area (Å²) < 4.78 is 1.84. The summed E-state index contributed by atoms with van der Waals surface area (Å²) in [6.45, 7) is 1.74. The monoisotopic (exact) mass is 279 g/mol. The maximum atomic E-state index is 12.0. The van der Waals surface area contributed by atoms with Crippen molar-refractivity contribution in [3.8, 4) is 0 Å². The third-order valence-electron chi connectivity index (χ3n) is 3.85. The first kappa shape index (κ1) is 15.0. The summed E-state index contributed by atoms with van der Waals surface area (Å²) in [6.07, 6.45) is 5.63. The molecule has 6 heteroatoms. The van der Waals surface area contributed by atoms with Gasteiger partial charge >= 0.3 is 0 Å². The molecule has 2 atom stereocenters. The van der Waals surface area contributed by atoms with Crippen LogP contribution >= 0.6 is 0 Å². The molecule has 3 N–H and O–H groups in total. The molecule has 0 spiro atoms. The quantitative estimate of drug-likeness (QED) is 0.811. The largest absolute Gasteiger partial charge is 0.327 e. The lowest BCUT2D eigenvalue weighted by Crippen LogP contribution is -2.28. The Kier molecular flexibility index (Phi) is 5.14. The Hall–Kier alpha value is -1.40. The van der Waals surface area contributed by atoms with E-state index in [2.05, 4.69) is 15.3 Å². The second-order valence-corrected chi connectivity index (χ2v) is 5.87. The van der Waals surface area contributed by atoms with Crippen LogP contribution < -0.4 is 11.1 Å². The van der Waals surface area contributed by atoms with Gasteiger partial charge in [-0.2, -0.15) is 5.10 Å². The van der Waals surface area contributed by atoms with Crippen molar-refractivity contribution < 1.29 is 4.79 Å². The molecular formula is C14H25N5O. The van der Waals surface area contributed by atoms with Gasteiger partial charge < -0.3 is 16.0 Å². The van der Waals surface area contributed by atoms with Crippen LogP contribution in [0.1, 0.15) is 25.7 Å². The van der Waals surface area contributed by atoms with Gasteiger partial charge in [-0.25, -0.2) is 0 Å². The van der Waals surface area contributed by atoms with E-state index in [1.54, 1.807) is 0 Å². The van der Waals surface area contributed by atoms with Crippen molar-refractivity contribution in [1.29, 1.82) is 0 Å². The first-order chi connectivity index (χ1) is 9.54. The summed E-state index contributed by atoms with van der Waals surface area (Å²) in [6, 6.07) is 2.01. The van der Waals surface area contributed by atoms with Crippen LogP contribution in [-0.2, 0) is 11.3 Å². The van der Waals surface area contributed by atoms with Crippen molar-refractivity contribution in [2.24, 2.45) is 11.7 Å². The first-order valence-electron chi connectivity index (χ1n) is 7.28. The van der Waals surface area contributed by atoms with Crippen LogP contribution in [0, 0.1) is 5.92 Å². The van der Waals surface area contributed by atoms with Crippen molar-refractivity contribution in [2.75, 3.05) is 26.0 Å². The molecule has 1 aliphatic carbocycles. The fourth-order valence-corrected chi connectivity index (χ4v) is 2.61. The average Bonchev–Trinajstić information content (AvgIpc) is 2.97. The number of nitrogens with two attached hydrogens (primary N) is 1. The summed E-state index contributed by atoms with van der Waals surface area (Å²) in [5.74, 6) is 0.969. The zero-order valence-electron chi connectivity index (χ0n) is 12.4. The van der Waals surface area contributed by atoms with Crippen LogP contribution in [0.4, 0.5) is 5.82 Å². The van der Waals surface area contributed by atoms with E-state index >= 15 is 0 Å². The summed E-state index contributed by atoms with van der Waals surface area (Å²) >= 11 is 0. The van der Waals surface area contributed by atoms with E-state index in [-0.39, 0.29) is 11.9 Å². The fourth-order valence-electron chi connectivity index (χ4n) is 2.61. The number of carbonyl (C=O) groups is 1. The Morgan fingerprint density at radius 1 is 1.55 bits per heavy atom. The van der Waals surface area contributed by atoms with Gasteiger partial charge in [0.25, 0.3) is 0 Å². The highest BCUT2D eigenvalue weighted by Gasteiger charge is 2.26. The van der Waals surface area contributed by atoms with Gasteiger partial charge in [0, 0.05) is 31.3 Å². The van der Waals surface area contributed by atoms with Crippen LogP contribution in [0.5, 0.6) is 0 Å². The molecule has 0 aromatic carbocycles. The number of nitrogens with zero attached hydrogens (tertiary/aromatic N) is 3. The standard InChI is InChI=1S/C14H25N5O/c1-18(2)8-9-19-7-6-13(17-19)16-14(20)10-11-4-3-5-12(11)15/h6-7,11-12H,3-5,8-10,15H2,1-2H3,(H,16,17,20)/t11-,12+/m0/s1. The zero-order chi connectivity index (χ0) is 14.5. The molecular weight excluding hydrogens is 254 g/mol. The first-order valence-corrected chi connectivity index (χ1v) is 7.28. The molecule has 0 radical (unpaired) electrons. The van der Waals surface area contributed by atoms with E-state index in [1.165, 1.54) is 0 Å². The molecule has 1 saturated carbocycles. The Morgan fingerprint density at radius 3 is 3.00 bits per heavy atom. The third-order valence-corrected chi connectivity index (χ3v) is 3.85. The number of aromatic nitrogens is 2. The highest BCUT2D eigenvalue weighted by molar-refractivity contribution is 5.89. The Labute approximate surface area is 120 Å². The number of hydrogen-bond donors (Lipinski definition) is 2. The minimum absolute atomic E-state index is 0.0187. The lowest BCUT2D eigenvalue weighted by molar-refractivity contribution is -0.117. The van der Waals surface area contributed by atoms with Crippen molar-refractivity contribution >= 4 is 11.7 Å². The number of nitrogens with one attached hydrogen (secondary N) is 1. The van der Waals surface area contributed by atoms with Crippen molar-refractivity contribution in [2.45, 2.75) is 38.3 Å². The van der Waals surface area contributed by atoms with Crippen molar-refractivity contribution in [3.05, 3.63) is 12.3 Å². The Balaban J connectivity index is 1.79. The van der Waals surface area contributed by atoms with Crippen LogP contribution in [0.3, 0.4) is 0 Å². The number of amides is 1. The molecule has 20 heavy (non-hydrogen) atoms. The van der Waals surface area contributed by atoms with Crippen LogP contribution in [0.25, 0.3) is 0 Å². The number of carbonyl (C=O) groups excluding carboxylic acids is 1. The topological polar surface area (TPSA) is 76.2 Å². The third kappa shape index (κ3) is 4.31. The van der Waals surface area contributed by atoms with Crippen LogP contribution in [0.15, 0.2) is 12.3 Å². The molecule has 112 valence electrons. The molecule has 1 fully saturated rings. The maximum absolute atomic E-state index is 12.0. The maximum Gasteiger partial charge on any atom is 0.225 e. The number of rotatable bonds is 6. The van der Waals surface area contributed by atoms with E-state index in [1.807, 2.05) is 31.0 Å². The van der Waals surface area contributed by atoms with Gasteiger partial charge in [-0.05, 0) is 32.9 Å². The number of hydrogen-bond acceptors (Lipinski definition) is 4. The van der Waals surface area contributed by atoms with Crippen molar-refractivity contribution in [1.82, 2.24) is 14.7 Å². The highest BCUT2D eigenvalue weighted by atomic mass is 16.1. The molecule has 2 rings (SSSR count). The highest BCUT2D eigenvalue weighted by Crippen LogP contribution is 2.26. The van der Waals surface area contributed by atoms with E-state index in [0.717, 1.165) is 32.4 Å². The lowest BCUT2D eigenvalue weighted by Gasteiger charge is -2.14. The summed E-state index contributed by atoms with van der Waals surface area (Å²) in [4.78, 5) is 14.1. The number of likely N-dealkylation sites (N-methyl/N-ethyl adjacent to an activating group) is 1. The molecule has 1 aliphatic rings. The molecule has 1 amide bonds. The van der Waals surface area contributed by atoms with Gasteiger partial charge in [-0.1, -0.05) is 6.42 Å². The zero-order valence-corrected chi connectivity index (χ0v) is 12.4. The molecule has 1 heterocycles. The van der Waals surface area contributed by atoms with Crippen LogP contribution in [-0.4, -0.2) is 47.3 Å². The fraction of sp³-hybridized carbons (Fsp3) is 0.714. The van der Waals surface area contributed by atoms with Gasteiger partial charge in [0.1, 0.15) is 0 Å². The summed E-state index contributed by atoms with van der Waals surface area (Å²) in [5, 5.41) is 7.20. The smallest absolute Gasteiger partial charge is 0.225 e. The molecule has 0 aliphatic heterocycles. The van der Waals surface area contributed by atoms with E-state index in [0.29, 0.717) is 18.2 Å². The normalized spacial score (nSPS) is 22.4. The van der Waals surface area contributed by atoms with E-state index in [4.69, 9.17) is 5.73 Å². The van der Waals surface area contributed by atoms with Gasteiger partial charge in [0.2, 0.25) is 5.91 Å². The van der Waals surface area contributed by atoms with E-state index in [9.17, 15) is 4.79 Å². The predicted octanol–water partition coefficient (Wildman–Crippen LogP) is 0.901. The van der Waals surface area contributed by atoms with Gasteiger partial charge in [-0.3, -0.25) is 9.48 Å². The summed E-state index contributed by atoms with van der Waals surface area (Å²) in [7, 11) is 4.05. The molecule has 1 aromatic rings. The van der Waals surface area contributed by atoms with Gasteiger partial charge in [0.15, 0.2) is 5.82 Å². The molecule has 6 nitrogen and oxygen atoms in total. The van der Waals surface area contributed by atoms with Gasteiger partial charge in [-0.15, -0.1) is 0 Å². The molecule has 0 bridgehead atoms. The van der Waals surface area contributed by atoms with Gasteiger partial charge in [0.05, 0.1) is 6.54 Å². The molecule has 0 unspecified atom stereocenters. The van der Waals surface area contributed by atoms with E-state index < -0.39 is 0 Å². The molecule has 0 saturated heterocycles. The second-order valence-electron chi connectivity index (χ2n) is 5.87. The minimum Gasteiger partial charge on any atom is -0.327 e. The second kappa shape index (κ2) is 6.85. The van der Waals surface area contributed by atoms with Crippen LogP contribution in [0.2, 0.25) is 0 Å². The SMILES string of the molecule is CN(C)CCn1ccc(NC(=O)C[C@@H]2CCC[C@H]2N)n1. The van der Waals surface area contributed by atoms with Crippen molar-refractivity contribution in [3.63, 3.8) is 0 Å².